The number of carbonyl (C=O) groups excluding carboxylic acids is 2. The van der Waals surface area contributed by atoms with Crippen LogP contribution in [0.15, 0.2) is 35.4 Å². The second-order valence-electron chi connectivity index (χ2n) is 7.12. The highest BCUT2D eigenvalue weighted by Gasteiger charge is 2.23. The lowest BCUT2D eigenvalue weighted by molar-refractivity contribution is 0.0948. The molecule has 2 N–H and O–H groups in total. The van der Waals surface area contributed by atoms with Crippen LogP contribution in [0, 0.1) is 11.6 Å². The van der Waals surface area contributed by atoms with E-state index in [1.165, 1.54) is 25.5 Å². The first-order chi connectivity index (χ1) is 13.9. The predicted octanol–water partition coefficient (Wildman–Crippen LogP) is 2.92. The van der Waals surface area contributed by atoms with Crippen LogP contribution in [-0.2, 0) is 6.54 Å². The van der Waals surface area contributed by atoms with Crippen molar-refractivity contribution in [2.45, 2.75) is 44.7 Å². The van der Waals surface area contributed by atoms with Crippen molar-refractivity contribution < 1.29 is 18.4 Å². The van der Waals surface area contributed by atoms with Crippen LogP contribution in [0.2, 0.25) is 0 Å². The molecule has 3 rings (SSSR count). The molecule has 1 aliphatic carbocycles. The topological polar surface area (TPSA) is 80.2 Å². The number of nitrogens with one attached hydrogen (secondary N) is 2. The fourth-order valence-corrected chi connectivity index (χ4v) is 3.61. The molecule has 0 saturated heterocycles. The van der Waals surface area contributed by atoms with E-state index in [1.807, 2.05) is 0 Å². The minimum Gasteiger partial charge on any atom is -0.355 e. The van der Waals surface area contributed by atoms with Gasteiger partial charge in [0.2, 0.25) is 5.43 Å². The van der Waals surface area contributed by atoms with Crippen LogP contribution in [-0.4, -0.2) is 23.4 Å². The van der Waals surface area contributed by atoms with Crippen molar-refractivity contribution in [3.63, 3.8) is 0 Å². The number of halogens is 2. The molecule has 29 heavy (non-hydrogen) atoms. The Hall–Kier alpha value is -3.03. The van der Waals surface area contributed by atoms with Crippen molar-refractivity contribution in [1.82, 2.24) is 15.2 Å². The first-order valence-corrected chi connectivity index (χ1v) is 9.61. The standard InChI is InChI=1S/C21H23F2N3O3/c1-24-20(28)15-11-26(13-6-3-2-4-7-13)12-16(19(15)27)21(29)25-10-14-17(22)8-5-9-18(14)23/h5,8-9,11-13H,2-4,6-7,10H2,1H3,(H,24,28)(H,25,29). The summed E-state index contributed by atoms with van der Waals surface area (Å²) in [5.74, 6) is -2.95. The lowest BCUT2D eigenvalue weighted by atomic mass is 9.95. The molecule has 0 spiro atoms. The number of hydrogen-bond acceptors (Lipinski definition) is 3. The molecule has 0 atom stereocenters. The quantitative estimate of drug-likeness (QED) is 0.806. The maximum absolute atomic E-state index is 13.8. The van der Waals surface area contributed by atoms with Gasteiger partial charge in [0, 0.05) is 37.6 Å². The van der Waals surface area contributed by atoms with Crippen molar-refractivity contribution in [3.05, 3.63) is 69.1 Å². The van der Waals surface area contributed by atoms with Gasteiger partial charge in [0.05, 0.1) is 0 Å². The fraction of sp³-hybridized carbons (Fsp3) is 0.381. The average molecular weight is 403 g/mol. The molecule has 1 aromatic heterocycles. The molecular weight excluding hydrogens is 380 g/mol. The van der Waals surface area contributed by atoms with E-state index in [2.05, 4.69) is 10.6 Å². The summed E-state index contributed by atoms with van der Waals surface area (Å²) in [6.07, 6.45) is 7.86. The molecule has 0 bridgehead atoms. The molecule has 1 heterocycles. The molecule has 1 fully saturated rings. The van der Waals surface area contributed by atoms with E-state index in [9.17, 15) is 23.2 Å². The molecule has 2 amide bonds. The Kier molecular flexibility index (Phi) is 6.41. The minimum absolute atomic E-state index is 0.0864. The van der Waals surface area contributed by atoms with Crippen molar-refractivity contribution >= 4 is 11.8 Å². The number of benzene rings is 1. The molecule has 1 aliphatic rings. The van der Waals surface area contributed by atoms with Crippen molar-refractivity contribution in [2.75, 3.05) is 7.05 Å². The van der Waals surface area contributed by atoms with Crippen molar-refractivity contribution in [2.24, 2.45) is 0 Å². The third-order valence-corrected chi connectivity index (χ3v) is 5.25. The second kappa shape index (κ2) is 8.98. The van der Waals surface area contributed by atoms with E-state index >= 15 is 0 Å². The average Bonchev–Trinajstić information content (AvgIpc) is 2.73. The van der Waals surface area contributed by atoms with E-state index < -0.39 is 35.4 Å². The van der Waals surface area contributed by atoms with Gasteiger partial charge in [0.15, 0.2) is 0 Å². The van der Waals surface area contributed by atoms with Crippen LogP contribution in [0.25, 0.3) is 0 Å². The van der Waals surface area contributed by atoms with Crippen LogP contribution < -0.4 is 16.1 Å². The fourth-order valence-electron chi connectivity index (χ4n) is 3.61. The van der Waals surface area contributed by atoms with E-state index in [1.54, 1.807) is 4.57 Å². The first kappa shape index (κ1) is 20.7. The zero-order valence-corrected chi connectivity index (χ0v) is 16.1. The number of amides is 2. The van der Waals surface area contributed by atoms with E-state index in [4.69, 9.17) is 0 Å². The predicted molar refractivity (Wildman–Crippen MR) is 104 cm³/mol. The zero-order valence-electron chi connectivity index (χ0n) is 16.1. The van der Waals surface area contributed by atoms with Crippen LogP contribution in [0.5, 0.6) is 0 Å². The van der Waals surface area contributed by atoms with Gasteiger partial charge in [-0.15, -0.1) is 0 Å². The van der Waals surface area contributed by atoms with Crippen molar-refractivity contribution in [1.29, 1.82) is 0 Å². The molecule has 6 nitrogen and oxygen atoms in total. The van der Waals surface area contributed by atoms with Crippen LogP contribution in [0.1, 0.15) is 64.4 Å². The molecule has 1 saturated carbocycles. The maximum Gasteiger partial charge on any atom is 0.257 e. The summed E-state index contributed by atoms with van der Waals surface area (Å²) in [4.78, 5) is 37.5. The Bertz CT molecular complexity index is 961. The summed E-state index contributed by atoms with van der Waals surface area (Å²) < 4.78 is 29.3. The second-order valence-corrected chi connectivity index (χ2v) is 7.12. The Morgan fingerprint density at radius 2 is 1.62 bits per heavy atom. The molecule has 0 radical (unpaired) electrons. The smallest absolute Gasteiger partial charge is 0.257 e. The number of hydrogen-bond donors (Lipinski definition) is 2. The summed E-state index contributed by atoms with van der Waals surface area (Å²) in [5, 5.41) is 4.80. The van der Waals surface area contributed by atoms with Gasteiger partial charge in [-0.2, -0.15) is 0 Å². The van der Waals surface area contributed by atoms with Gasteiger partial charge in [0.1, 0.15) is 22.8 Å². The number of nitrogens with zero attached hydrogens (tertiary/aromatic N) is 1. The van der Waals surface area contributed by atoms with Gasteiger partial charge in [-0.3, -0.25) is 14.4 Å². The van der Waals surface area contributed by atoms with Crippen LogP contribution >= 0.6 is 0 Å². The summed E-state index contributed by atoms with van der Waals surface area (Å²) >= 11 is 0. The summed E-state index contributed by atoms with van der Waals surface area (Å²) in [7, 11) is 1.40. The highest BCUT2D eigenvalue weighted by Crippen LogP contribution is 2.28. The van der Waals surface area contributed by atoms with Gasteiger partial charge >= 0.3 is 0 Å². The van der Waals surface area contributed by atoms with E-state index in [-0.39, 0.29) is 22.7 Å². The summed E-state index contributed by atoms with van der Waals surface area (Å²) in [6.45, 7) is -0.412. The molecule has 8 heteroatoms. The maximum atomic E-state index is 13.8. The van der Waals surface area contributed by atoms with Gasteiger partial charge < -0.3 is 15.2 Å². The Balaban J connectivity index is 1.92. The minimum atomic E-state index is -0.788. The zero-order chi connectivity index (χ0) is 21.0. The molecule has 0 unspecified atom stereocenters. The Morgan fingerprint density at radius 1 is 1.03 bits per heavy atom. The highest BCUT2D eigenvalue weighted by molar-refractivity contribution is 5.99. The number of aromatic nitrogens is 1. The lowest BCUT2D eigenvalue weighted by Gasteiger charge is -2.25. The van der Waals surface area contributed by atoms with Gasteiger partial charge in [-0.1, -0.05) is 25.3 Å². The SMILES string of the molecule is CNC(=O)c1cn(C2CCCCC2)cc(C(=O)NCc2c(F)cccc2F)c1=O. The number of rotatable bonds is 5. The Labute approximate surface area is 166 Å². The summed E-state index contributed by atoms with van der Waals surface area (Å²) in [6, 6.07) is 3.49. The van der Waals surface area contributed by atoms with E-state index in [0.717, 1.165) is 44.2 Å². The third kappa shape index (κ3) is 4.52. The largest absolute Gasteiger partial charge is 0.355 e. The molecule has 1 aromatic carbocycles. The normalized spacial score (nSPS) is 14.4. The highest BCUT2D eigenvalue weighted by atomic mass is 19.1. The number of carbonyl (C=O) groups is 2. The Morgan fingerprint density at radius 3 is 2.21 bits per heavy atom. The van der Waals surface area contributed by atoms with Crippen LogP contribution in [0.4, 0.5) is 8.78 Å². The van der Waals surface area contributed by atoms with E-state index in [0.29, 0.717) is 0 Å². The molecule has 2 aromatic rings. The first-order valence-electron chi connectivity index (χ1n) is 9.61. The lowest BCUT2D eigenvalue weighted by Crippen LogP contribution is -2.35. The van der Waals surface area contributed by atoms with Crippen LogP contribution in [0.3, 0.4) is 0 Å². The van der Waals surface area contributed by atoms with Gasteiger partial charge in [-0.25, -0.2) is 8.78 Å². The number of pyridine rings is 1. The van der Waals surface area contributed by atoms with Gasteiger partial charge in [-0.05, 0) is 25.0 Å². The molecular formula is C21H23F2N3O3. The van der Waals surface area contributed by atoms with Gasteiger partial charge in [0.25, 0.3) is 11.8 Å². The monoisotopic (exact) mass is 403 g/mol. The molecule has 0 aliphatic heterocycles. The third-order valence-electron chi connectivity index (χ3n) is 5.25. The summed E-state index contributed by atoms with van der Waals surface area (Å²) in [5.41, 5.74) is -1.38. The molecule has 154 valence electrons. The van der Waals surface area contributed by atoms with Crippen molar-refractivity contribution in [3.8, 4) is 0 Å².